The summed E-state index contributed by atoms with van der Waals surface area (Å²) >= 11 is 6.37. The number of anilines is 2. The minimum absolute atomic E-state index is 0.0227. The maximum atomic E-state index is 11.6. The first-order valence-electron chi connectivity index (χ1n) is 12.3. The van der Waals surface area contributed by atoms with Gasteiger partial charge < -0.3 is 32.2 Å². The quantitative estimate of drug-likeness (QED) is 0.205. The summed E-state index contributed by atoms with van der Waals surface area (Å²) in [6, 6.07) is 3.75. The summed E-state index contributed by atoms with van der Waals surface area (Å²) in [5, 5.41) is 9.89. The fourth-order valence-corrected chi connectivity index (χ4v) is 4.58. The zero-order chi connectivity index (χ0) is 27.8. The van der Waals surface area contributed by atoms with Crippen molar-refractivity contribution in [3.8, 4) is 11.8 Å². The van der Waals surface area contributed by atoms with Gasteiger partial charge in [0.05, 0.1) is 17.7 Å². The first kappa shape index (κ1) is 28.6. The number of halogens is 1. The molecule has 0 bridgehead atoms. The van der Waals surface area contributed by atoms with Gasteiger partial charge in [-0.25, -0.2) is 0 Å². The molecule has 0 radical (unpaired) electrons. The summed E-state index contributed by atoms with van der Waals surface area (Å²) < 4.78 is 5.02. The average Bonchev–Trinajstić information content (AvgIpc) is 3.47. The van der Waals surface area contributed by atoms with Gasteiger partial charge in [-0.15, -0.1) is 0 Å². The van der Waals surface area contributed by atoms with Crippen LogP contribution in [0.25, 0.3) is 5.57 Å². The van der Waals surface area contributed by atoms with E-state index in [4.69, 9.17) is 33.5 Å². The molecule has 2 aromatic rings. The number of nitrogens with one attached hydrogen (secondary N) is 2. The van der Waals surface area contributed by atoms with E-state index in [9.17, 15) is 9.59 Å². The molecular weight excluding hydrogens is 506 g/mol. The van der Waals surface area contributed by atoms with E-state index in [1.807, 2.05) is 4.90 Å². The van der Waals surface area contributed by atoms with Crippen molar-refractivity contribution in [2.45, 2.75) is 31.7 Å². The third kappa shape index (κ3) is 6.68. The molecule has 1 saturated heterocycles. The molecule has 202 valence electrons. The van der Waals surface area contributed by atoms with Gasteiger partial charge in [-0.2, -0.15) is 5.10 Å². The number of hydrogen-bond acceptors (Lipinski definition) is 7. The lowest BCUT2D eigenvalue weighted by Gasteiger charge is -2.22. The molecule has 1 aromatic carbocycles. The summed E-state index contributed by atoms with van der Waals surface area (Å²) in [4.78, 5) is 24.7. The van der Waals surface area contributed by atoms with E-state index in [1.54, 1.807) is 32.5 Å². The van der Waals surface area contributed by atoms with Crippen molar-refractivity contribution in [2.75, 3.05) is 38.4 Å². The molecule has 0 spiro atoms. The Morgan fingerprint density at radius 3 is 2.66 bits per heavy atom. The zero-order valence-corrected chi connectivity index (χ0v) is 22.4. The van der Waals surface area contributed by atoms with Crippen molar-refractivity contribution in [3.63, 3.8) is 0 Å². The first-order chi connectivity index (χ1) is 18.2. The number of aromatic amines is 1. The van der Waals surface area contributed by atoms with Crippen molar-refractivity contribution < 1.29 is 14.3 Å². The van der Waals surface area contributed by atoms with Crippen molar-refractivity contribution in [1.82, 2.24) is 15.1 Å². The third-order valence-corrected chi connectivity index (χ3v) is 6.73. The van der Waals surface area contributed by atoms with Crippen molar-refractivity contribution in [1.29, 1.82) is 0 Å². The molecule has 1 atom stereocenters. The van der Waals surface area contributed by atoms with Crippen LogP contribution in [0.15, 0.2) is 31.0 Å². The Balaban J connectivity index is 0.000000279. The van der Waals surface area contributed by atoms with Crippen LogP contribution in [0.2, 0.25) is 5.02 Å². The highest BCUT2D eigenvalue weighted by Gasteiger charge is 2.28. The highest BCUT2D eigenvalue weighted by Crippen LogP contribution is 2.43. The Morgan fingerprint density at radius 2 is 2.08 bits per heavy atom. The molecule has 2 heterocycles. The molecule has 2 amide bonds. The first-order valence-corrected chi connectivity index (χ1v) is 12.6. The van der Waals surface area contributed by atoms with Crippen LogP contribution in [0, 0.1) is 17.8 Å². The Kier molecular flexibility index (Phi) is 9.82. The fraction of sp³-hybridized carbons (Fsp3) is 0.370. The number of carbonyl (C=O) groups is 2. The van der Waals surface area contributed by atoms with E-state index in [1.165, 1.54) is 6.08 Å². The molecule has 2 fully saturated rings. The number of methoxy groups -OCH3 is 1. The lowest BCUT2D eigenvalue weighted by molar-refractivity contribution is -0.127. The van der Waals surface area contributed by atoms with Gasteiger partial charge in [-0.05, 0) is 67.5 Å². The number of nitrogens with two attached hydrogens (primary N) is 3. The number of likely N-dealkylation sites (tertiary alicyclic amines) is 1. The van der Waals surface area contributed by atoms with E-state index >= 15 is 0 Å². The average molecular weight is 540 g/mol. The fourth-order valence-electron chi connectivity index (χ4n) is 4.37. The number of carbonyl (C=O) groups excluding carboxylic acids is 2. The molecule has 1 aliphatic heterocycles. The van der Waals surface area contributed by atoms with Crippen LogP contribution in [0.4, 0.5) is 11.5 Å². The number of amides is 2. The Hall–Kier alpha value is -3.94. The lowest BCUT2D eigenvalue weighted by Crippen LogP contribution is -2.36. The van der Waals surface area contributed by atoms with Crippen molar-refractivity contribution >= 4 is 40.5 Å². The number of nitrogens with zero attached hydrogens (tertiary/aromatic N) is 2. The van der Waals surface area contributed by atoms with Gasteiger partial charge >= 0.3 is 0 Å². The molecule has 10 nitrogen and oxygen atoms in total. The van der Waals surface area contributed by atoms with Crippen molar-refractivity contribution in [3.05, 3.63) is 58.4 Å². The van der Waals surface area contributed by atoms with Crippen LogP contribution in [-0.4, -0.2) is 60.3 Å². The van der Waals surface area contributed by atoms with Gasteiger partial charge in [0.2, 0.25) is 5.91 Å². The van der Waals surface area contributed by atoms with E-state index in [0.29, 0.717) is 40.3 Å². The molecular formula is C27H34ClN7O3. The third-order valence-electron chi connectivity index (χ3n) is 6.41. The second-order valence-electron chi connectivity index (χ2n) is 8.99. The van der Waals surface area contributed by atoms with Crippen LogP contribution in [0.1, 0.15) is 52.9 Å². The summed E-state index contributed by atoms with van der Waals surface area (Å²) in [5.41, 5.74) is 20.8. The Morgan fingerprint density at radius 1 is 1.34 bits per heavy atom. The number of ether oxygens (including phenoxy) is 1. The number of H-pyrrole nitrogens is 1. The zero-order valence-electron chi connectivity index (χ0n) is 21.6. The minimum atomic E-state index is -0.629. The highest BCUT2D eigenvalue weighted by molar-refractivity contribution is 6.32. The van der Waals surface area contributed by atoms with Gasteiger partial charge in [-0.1, -0.05) is 24.1 Å². The van der Waals surface area contributed by atoms with Crippen LogP contribution >= 0.6 is 11.6 Å². The number of benzene rings is 1. The number of aromatic nitrogens is 2. The molecule has 4 rings (SSSR count). The van der Waals surface area contributed by atoms with Gasteiger partial charge in [0.25, 0.3) is 5.91 Å². The molecule has 1 unspecified atom stereocenters. The van der Waals surface area contributed by atoms with Gasteiger partial charge in [-0.3, -0.25) is 14.7 Å². The van der Waals surface area contributed by atoms with Crippen LogP contribution in [0.3, 0.4) is 0 Å². The maximum absolute atomic E-state index is 11.6. The minimum Gasteiger partial charge on any atom is -0.404 e. The van der Waals surface area contributed by atoms with Gasteiger partial charge in [0, 0.05) is 37.5 Å². The molecule has 2 aliphatic rings. The Bertz CT molecular complexity index is 1290. The highest BCUT2D eigenvalue weighted by atomic mass is 35.5. The maximum Gasteiger partial charge on any atom is 0.255 e. The second-order valence-corrected chi connectivity index (χ2v) is 9.40. The standard InChI is InChI=1S/C18H19ClN6O.C9H15NO2/c1-23-18-16(17(22)26)15(24-25-18)5-4-10-6-14(21)11(7-13(10)19)12(8-20)9-2-3-9;1-3-9(11)10-6-4-5-8(10)7-12-2/h6-9H,2-3,20-21H2,1H3,(H2,22,26)(H2,23,24,25);3,8H,1,4-7H2,2H3/b12-8-;. The number of nitrogen functional groups attached to an aromatic ring is 1. The normalized spacial score (nSPS) is 16.7. The van der Waals surface area contributed by atoms with E-state index in [0.717, 1.165) is 43.4 Å². The lowest BCUT2D eigenvalue weighted by atomic mass is 9.99. The van der Waals surface area contributed by atoms with Crippen LogP contribution in [0.5, 0.6) is 0 Å². The topological polar surface area (TPSA) is 165 Å². The van der Waals surface area contributed by atoms with Gasteiger partial charge in [0.15, 0.2) is 5.82 Å². The predicted octanol–water partition coefficient (Wildman–Crippen LogP) is 2.71. The molecule has 11 heteroatoms. The van der Waals surface area contributed by atoms with E-state index in [-0.39, 0.29) is 17.5 Å². The number of hydrogen-bond donors (Lipinski definition) is 5. The monoisotopic (exact) mass is 539 g/mol. The van der Waals surface area contributed by atoms with Crippen LogP contribution in [-0.2, 0) is 9.53 Å². The van der Waals surface area contributed by atoms with Crippen molar-refractivity contribution in [2.24, 2.45) is 17.4 Å². The smallest absolute Gasteiger partial charge is 0.255 e. The van der Waals surface area contributed by atoms with E-state index < -0.39 is 5.91 Å². The summed E-state index contributed by atoms with van der Waals surface area (Å²) in [5.74, 6) is 5.93. The SMILES string of the molecule is C=CC(=O)N1CCCC1COC.CNc1n[nH]c(C#Cc2cc(N)c(/C(=C\N)C3CC3)cc2Cl)c1C(N)=O. The number of allylic oxidation sites excluding steroid dienone is 1. The number of primary amides is 1. The van der Waals surface area contributed by atoms with Gasteiger partial charge in [0.1, 0.15) is 11.3 Å². The molecule has 8 N–H and O–H groups in total. The Labute approximate surface area is 227 Å². The molecule has 1 saturated carbocycles. The summed E-state index contributed by atoms with van der Waals surface area (Å²) in [7, 11) is 3.30. The largest absolute Gasteiger partial charge is 0.404 e. The molecule has 1 aromatic heterocycles. The predicted molar refractivity (Wildman–Crippen MR) is 150 cm³/mol. The second kappa shape index (κ2) is 13.0. The summed E-state index contributed by atoms with van der Waals surface area (Å²) in [6.07, 6.45) is 7.29. The van der Waals surface area contributed by atoms with Crippen LogP contribution < -0.4 is 22.5 Å². The molecule has 1 aliphatic carbocycles. The van der Waals surface area contributed by atoms with E-state index in [2.05, 4.69) is 33.9 Å². The molecule has 38 heavy (non-hydrogen) atoms. The number of rotatable bonds is 7. The summed E-state index contributed by atoms with van der Waals surface area (Å²) in [6.45, 7) is 4.95.